The van der Waals surface area contributed by atoms with Crippen molar-refractivity contribution in [3.8, 4) is 17.0 Å². The van der Waals surface area contributed by atoms with Gasteiger partial charge in [0.05, 0.1) is 12.3 Å². The summed E-state index contributed by atoms with van der Waals surface area (Å²) in [6, 6.07) is 7.70. The molecular formula is C14H12N2O3S. The summed E-state index contributed by atoms with van der Waals surface area (Å²) in [5.41, 5.74) is 1.98. The Kier molecular flexibility index (Phi) is 3.15. The number of nitrogens with zero attached hydrogens (tertiary/aromatic N) is 2. The van der Waals surface area contributed by atoms with E-state index in [1.165, 1.54) is 11.3 Å². The first-order chi connectivity index (χ1) is 9.69. The van der Waals surface area contributed by atoms with E-state index in [0.29, 0.717) is 11.6 Å². The minimum Gasteiger partial charge on any atom is -0.494 e. The van der Waals surface area contributed by atoms with Gasteiger partial charge in [-0.2, -0.15) is 0 Å². The molecule has 3 rings (SSSR count). The highest BCUT2D eigenvalue weighted by atomic mass is 32.1. The fourth-order valence-electron chi connectivity index (χ4n) is 1.98. The number of carboxylic acids is 1. The Morgan fingerprint density at radius 1 is 1.40 bits per heavy atom. The molecule has 102 valence electrons. The van der Waals surface area contributed by atoms with Crippen LogP contribution in [0.3, 0.4) is 0 Å². The van der Waals surface area contributed by atoms with Crippen molar-refractivity contribution in [3.63, 3.8) is 0 Å². The lowest BCUT2D eigenvalue weighted by Crippen LogP contribution is -1.95. The zero-order valence-corrected chi connectivity index (χ0v) is 11.6. The Morgan fingerprint density at radius 2 is 2.15 bits per heavy atom. The zero-order valence-electron chi connectivity index (χ0n) is 10.7. The lowest BCUT2D eigenvalue weighted by molar-refractivity contribution is 0.0691. The number of carbonyl (C=O) groups is 1. The number of aromatic nitrogens is 2. The summed E-state index contributed by atoms with van der Waals surface area (Å²) in [6.07, 6.45) is 1.54. The fraction of sp³-hybridized carbons (Fsp3) is 0.143. The standard InChI is InChI=1S/C14H12N2O3S/c1-2-19-10-5-3-9(4-6-10)12-8-20-14-15-11(13(17)18)7-16(12)14/h3-8H,2H2,1H3,(H,17,18). The lowest BCUT2D eigenvalue weighted by Gasteiger charge is -2.04. The molecular weight excluding hydrogens is 276 g/mol. The Labute approximate surface area is 119 Å². The molecule has 3 aromatic rings. The molecule has 0 unspecified atom stereocenters. The number of carboxylic acid groups (broad SMARTS) is 1. The van der Waals surface area contributed by atoms with Crippen LogP contribution in [0.5, 0.6) is 5.75 Å². The molecule has 1 aromatic carbocycles. The first-order valence-corrected chi connectivity index (χ1v) is 7.00. The minimum atomic E-state index is -1.02. The van der Waals surface area contributed by atoms with E-state index in [-0.39, 0.29) is 5.69 Å². The summed E-state index contributed by atoms with van der Waals surface area (Å²) < 4.78 is 7.20. The van der Waals surface area contributed by atoms with Crippen molar-refractivity contribution < 1.29 is 14.6 Å². The number of imidazole rings is 1. The van der Waals surface area contributed by atoms with E-state index < -0.39 is 5.97 Å². The molecule has 0 aliphatic rings. The average Bonchev–Trinajstić information content (AvgIpc) is 3.00. The van der Waals surface area contributed by atoms with Crippen molar-refractivity contribution in [3.05, 3.63) is 41.5 Å². The van der Waals surface area contributed by atoms with Gasteiger partial charge in [0.25, 0.3) is 0 Å². The molecule has 0 spiro atoms. The number of thiazole rings is 1. The van der Waals surface area contributed by atoms with E-state index in [2.05, 4.69) is 4.98 Å². The summed E-state index contributed by atoms with van der Waals surface area (Å²) >= 11 is 1.42. The van der Waals surface area contributed by atoms with Crippen LogP contribution in [-0.2, 0) is 0 Å². The second kappa shape index (κ2) is 4.97. The number of rotatable bonds is 4. The van der Waals surface area contributed by atoms with Gasteiger partial charge >= 0.3 is 5.97 Å². The predicted molar refractivity (Wildman–Crippen MR) is 76.6 cm³/mol. The third kappa shape index (κ3) is 2.14. The van der Waals surface area contributed by atoms with Gasteiger partial charge in [0.2, 0.25) is 0 Å². The molecule has 6 heteroatoms. The van der Waals surface area contributed by atoms with Crippen LogP contribution in [0.25, 0.3) is 16.2 Å². The van der Waals surface area contributed by atoms with Crippen molar-refractivity contribution in [2.75, 3.05) is 6.61 Å². The first-order valence-electron chi connectivity index (χ1n) is 6.12. The van der Waals surface area contributed by atoms with Crippen LogP contribution in [-0.4, -0.2) is 27.1 Å². The second-order valence-electron chi connectivity index (χ2n) is 4.16. The van der Waals surface area contributed by atoms with Gasteiger partial charge in [-0.05, 0) is 36.8 Å². The Bertz CT molecular complexity index is 758. The monoisotopic (exact) mass is 288 g/mol. The van der Waals surface area contributed by atoms with Gasteiger partial charge < -0.3 is 9.84 Å². The normalized spacial score (nSPS) is 10.8. The summed E-state index contributed by atoms with van der Waals surface area (Å²) in [5, 5.41) is 10.9. The summed E-state index contributed by atoms with van der Waals surface area (Å²) in [6.45, 7) is 2.57. The molecule has 0 saturated heterocycles. The molecule has 1 N–H and O–H groups in total. The van der Waals surface area contributed by atoms with E-state index >= 15 is 0 Å². The maximum absolute atomic E-state index is 10.9. The van der Waals surface area contributed by atoms with Crippen LogP contribution < -0.4 is 4.74 Å². The van der Waals surface area contributed by atoms with Gasteiger partial charge in [0, 0.05) is 11.6 Å². The maximum atomic E-state index is 10.9. The van der Waals surface area contributed by atoms with Crippen LogP contribution in [0.4, 0.5) is 0 Å². The van der Waals surface area contributed by atoms with Crippen LogP contribution >= 0.6 is 11.3 Å². The molecule has 0 amide bonds. The molecule has 2 aromatic heterocycles. The van der Waals surface area contributed by atoms with Gasteiger partial charge in [-0.1, -0.05) is 0 Å². The average molecular weight is 288 g/mol. The third-order valence-corrected chi connectivity index (χ3v) is 3.73. The van der Waals surface area contributed by atoms with Gasteiger partial charge in [-0.3, -0.25) is 4.40 Å². The molecule has 0 fully saturated rings. The zero-order chi connectivity index (χ0) is 14.1. The van der Waals surface area contributed by atoms with Crippen LogP contribution in [0.2, 0.25) is 0 Å². The van der Waals surface area contributed by atoms with Crippen molar-refractivity contribution in [2.45, 2.75) is 6.92 Å². The predicted octanol–water partition coefficient (Wildman–Crippen LogP) is 3.16. The molecule has 0 aliphatic carbocycles. The number of hydrogen-bond donors (Lipinski definition) is 1. The van der Waals surface area contributed by atoms with Gasteiger partial charge in [0.15, 0.2) is 10.7 Å². The summed E-state index contributed by atoms with van der Waals surface area (Å²) in [7, 11) is 0. The third-order valence-electron chi connectivity index (χ3n) is 2.89. The van der Waals surface area contributed by atoms with Crippen molar-refractivity contribution in [2.24, 2.45) is 0 Å². The van der Waals surface area contributed by atoms with Gasteiger partial charge in [0.1, 0.15) is 5.75 Å². The second-order valence-corrected chi connectivity index (χ2v) is 5.00. The highest BCUT2D eigenvalue weighted by Crippen LogP contribution is 2.27. The van der Waals surface area contributed by atoms with Crippen LogP contribution in [0, 0.1) is 0 Å². The van der Waals surface area contributed by atoms with Crippen molar-refractivity contribution in [1.29, 1.82) is 0 Å². The van der Waals surface area contributed by atoms with E-state index in [4.69, 9.17) is 9.84 Å². The fourth-order valence-corrected chi connectivity index (χ4v) is 2.87. The summed E-state index contributed by atoms with van der Waals surface area (Å²) in [4.78, 5) is 15.7. The van der Waals surface area contributed by atoms with E-state index in [1.54, 1.807) is 10.6 Å². The first kappa shape index (κ1) is 12.7. The SMILES string of the molecule is CCOc1ccc(-c2csc3nc(C(=O)O)cn23)cc1. The highest BCUT2D eigenvalue weighted by Gasteiger charge is 2.13. The topological polar surface area (TPSA) is 63.8 Å². The molecule has 0 bridgehead atoms. The van der Waals surface area contributed by atoms with E-state index in [0.717, 1.165) is 17.0 Å². The number of fused-ring (bicyclic) bond motifs is 1. The minimum absolute atomic E-state index is 0.0593. The molecule has 0 atom stereocenters. The van der Waals surface area contributed by atoms with E-state index in [9.17, 15) is 4.79 Å². The summed E-state index contributed by atoms with van der Waals surface area (Å²) in [5.74, 6) is -0.196. The maximum Gasteiger partial charge on any atom is 0.356 e. The van der Waals surface area contributed by atoms with Crippen molar-refractivity contribution in [1.82, 2.24) is 9.38 Å². The Balaban J connectivity index is 2.02. The van der Waals surface area contributed by atoms with Gasteiger partial charge in [-0.25, -0.2) is 9.78 Å². The largest absolute Gasteiger partial charge is 0.494 e. The number of ether oxygens (including phenoxy) is 1. The lowest BCUT2D eigenvalue weighted by atomic mass is 10.1. The highest BCUT2D eigenvalue weighted by molar-refractivity contribution is 7.15. The quantitative estimate of drug-likeness (QED) is 0.801. The number of aromatic carboxylic acids is 1. The number of benzene rings is 1. The van der Waals surface area contributed by atoms with Crippen LogP contribution in [0.15, 0.2) is 35.8 Å². The molecule has 5 nitrogen and oxygen atoms in total. The van der Waals surface area contributed by atoms with E-state index in [1.807, 2.05) is 36.6 Å². The smallest absolute Gasteiger partial charge is 0.356 e. The number of hydrogen-bond acceptors (Lipinski definition) is 4. The molecule has 2 heterocycles. The Hall–Kier alpha value is -2.34. The van der Waals surface area contributed by atoms with Crippen LogP contribution in [0.1, 0.15) is 17.4 Å². The molecule has 0 radical (unpaired) electrons. The molecule has 0 aliphatic heterocycles. The molecule has 0 saturated carbocycles. The van der Waals surface area contributed by atoms with Crippen molar-refractivity contribution >= 4 is 22.3 Å². The Morgan fingerprint density at radius 3 is 2.80 bits per heavy atom. The van der Waals surface area contributed by atoms with Gasteiger partial charge in [-0.15, -0.1) is 11.3 Å². The molecule has 20 heavy (non-hydrogen) atoms.